The molecule has 1 saturated heterocycles. The molecule has 0 bridgehead atoms. The highest BCUT2D eigenvalue weighted by Crippen LogP contribution is 2.37. The molecule has 27 heavy (non-hydrogen) atoms. The molecule has 3 N–H and O–H groups in total. The van der Waals surface area contributed by atoms with Crippen LogP contribution in [0.15, 0.2) is 47.4 Å². The minimum absolute atomic E-state index is 0.0736. The van der Waals surface area contributed by atoms with Crippen LogP contribution in [0.5, 0.6) is 0 Å². The third-order valence-corrected chi connectivity index (χ3v) is 5.96. The van der Waals surface area contributed by atoms with Gasteiger partial charge in [0.25, 0.3) is 0 Å². The van der Waals surface area contributed by atoms with Gasteiger partial charge in [-0.05, 0) is 35.1 Å². The average Bonchev–Trinajstić information content (AvgIpc) is 2.94. The van der Waals surface area contributed by atoms with Crippen LogP contribution in [0.2, 0.25) is 0 Å². The number of anilines is 1. The Labute approximate surface area is 159 Å². The molecule has 0 radical (unpaired) electrons. The van der Waals surface area contributed by atoms with Crippen LogP contribution in [0.4, 0.5) is 5.69 Å². The van der Waals surface area contributed by atoms with Gasteiger partial charge in [0.15, 0.2) is 0 Å². The highest BCUT2D eigenvalue weighted by atomic mass is 32.2. The van der Waals surface area contributed by atoms with Gasteiger partial charge >= 0.3 is 5.97 Å². The number of sulfonamides is 1. The maximum atomic E-state index is 12.3. The molecule has 0 unspecified atom stereocenters. The molecule has 0 spiro atoms. The third kappa shape index (κ3) is 4.31. The molecule has 0 saturated carbocycles. The summed E-state index contributed by atoms with van der Waals surface area (Å²) in [5.74, 6) is -1.18. The number of primary sulfonamides is 1. The Kier molecular flexibility index (Phi) is 5.01. The first-order valence-electron chi connectivity index (χ1n) is 8.79. The number of hydrogen-bond acceptors (Lipinski definition) is 4. The van der Waals surface area contributed by atoms with E-state index in [0.717, 1.165) is 25.1 Å². The van der Waals surface area contributed by atoms with Gasteiger partial charge in [-0.15, -0.1) is 0 Å². The summed E-state index contributed by atoms with van der Waals surface area (Å²) in [5, 5.41) is 14.9. The smallest absolute Gasteiger partial charge is 0.335 e. The van der Waals surface area contributed by atoms with E-state index in [1.807, 2.05) is 30.3 Å². The van der Waals surface area contributed by atoms with E-state index in [1.54, 1.807) is 6.07 Å². The SMILES string of the molecule is CC1(C)CCN(c2cc(C(=O)O)cc(S(N)(=O)=O)c2Cc2ccccc2)C1. The second kappa shape index (κ2) is 6.98. The maximum absolute atomic E-state index is 12.3. The molecule has 2 aromatic carbocycles. The van der Waals surface area contributed by atoms with Gasteiger partial charge in [-0.3, -0.25) is 0 Å². The highest BCUT2D eigenvalue weighted by molar-refractivity contribution is 7.89. The van der Waals surface area contributed by atoms with E-state index in [1.165, 1.54) is 6.07 Å². The van der Waals surface area contributed by atoms with Crippen LogP contribution in [0, 0.1) is 5.41 Å². The molecule has 1 aliphatic rings. The highest BCUT2D eigenvalue weighted by Gasteiger charge is 2.32. The van der Waals surface area contributed by atoms with E-state index in [0.29, 0.717) is 17.7 Å². The van der Waals surface area contributed by atoms with E-state index in [2.05, 4.69) is 18.7 Å². The summed E-state index contributed by atoms with van der Waals surface area (Å²) in [6.07, 6.45) is 1.30. The minimum atomic E-state index is -4.08. The van der Waals surface area contributed by atoms with Gasteiger partial charge in [0.05, 0.1) is 10.5 Å². The topological polar surface area (TPSA) is 101 Å². The summed E-state index contributed by atoms with van der Waals surface area (Å²) in [5.41, 5.74) is 2.12. The van der Waals surface area contributed by atoms with Crippen LogP contribution in [-0.2, 0) is 16.4 Å². The lowest BCUT2D eigenvalue weighted by atomic mass is 9.93. The molecule has 7 heteroatoms. The van der Waals surface area contributed by atoms with E-state index in [4.69, 9.17) is 5.14 Å². The van der Waals surface area contributed by atoms with Crippen LogP contribution >= 0.6 is 0 Å². The largest absolute Gasteiger partial charge is 0.478 e. The Hall–Kier alpha value is -2.38. The lowest BCUT2D eigenvalue weighted by Gasteiger charge is -2.26. The van der Waals surface area contributed by atoms with E-state index >= 15 is 0 Å². The van der Waals surface area contributed by atoms with Gasteiger partial charge in [0.1, 0.15) is 0 Å². The quantitative estimate of drug-likeness (QED) is 0.820. The van der Waals surface area contributed by atoms with Gasteiger partial charge in [-0.1, -0.05) is 44.2 Å². The first-order chi connectivity index (χ1) is 12.6. The molecule has 1 aliphatic heterocycles. The Balaban J connectivity index is 2.21. The molecule has 3 rings (SSSR count). The molecule has 1 fully saturated rings. The molecule has 0 aliphatic carbocycles. The zero-order valence-electron chi connectivity index (χ0n) is 15.5. The first kappa shape index (κ1) is 19.4. The van der Waals surface area contributed by atoms with Crippen molar-refractivity contribution in [3.05, 3.63) is 59.2 Å². The maximum Gasteiger partial charge on any atom is 0.335 e. The minimum Gasteiger partial charge on any atom is -0.478 e. The summed E-state index contributed by atoms with van der Waals surface area (Å²) < 4.78 is 24.6. The van der Waals surface area contributed by atoms with Crippen molar-refractivity contribution in [1.29, 1.82) is 0 Å². The van der Waals surface area contributed by atoms with Crippen LogP contribution < -0.4 is 10.0 Å². The van der Waals surface area contributed by atoms with Crippen molar-refractivity contribution in [2.45, 2.75) is 31.6 Å². The number of aromatic carboxylic acids is 1. The van der Waals surface area contributed by atoms with E-state index < -0.39 is 16.0 Å². The molecule has 0 atom stereocenters. The van der Waals surface area contributed by atoms with Crippen molar-refractivity contribution in [2.75, 3.05) is 18.0 Å². The van der Waals surface area contributed by atoms with Gasteiger partial charge in [0.2, 0.25) is 10.0 Å². The normalized spacial score (nSPS) is 16.5. The van der Waals surface area contributed by atoms with Gasteiger partial charge < -0.3 is 10.0 Å². The first-order valence-corrected chi connectivity index (χ1v) is 10.3. The number of rotatable bonds is 5. The number of carbonyl (C=O) groups is 1. The van der Waals surface area contributed by atoms with Crippen LogP contribution in [-0.4, -0.2) is 32.6 Å². The molecular formula is C20H24N2O4S. The lowest BCUT2D eigenvalue weighted by Crippen LogP contribution is -2.26. The molecule has 144 valence electrons. The second-order valence-electron chi connectivity index (χ2n) is 7.82. The average molecular weight is 388 g/mol. The molecule has 2 aromatic rings. The number of nitrogens with two attached hydrogens (primary N) is 1. The van der Waals surface area contributed by atoms with Crippen molar-refractivity contribution >= 4 is 21.7 Å². The number of nitrogens with zero attached hydrogens (tertiary/aromatic N) is 1. The standard InChI is InChI=1S/C20H24N2O4S/c1-20(2)8-9-22(13-20)17-11-15(19(23)24)12-18(27(21,25)26)16(17)10-14-6-4-3-5-7-14/h3-7,11-12H,8-10,13H2,1-2H3,(H,23,24)(H2,21,25,26). The van der Waals surface area contributed by atoms with Crippen molar-refractivity contribution in [3.63, 3.8) is 0 Å². The Bertz CT molecular complexity index is 969. The fraction of sp³-hybridized carbons (Fsp3) is 0.350. The van der Waals surface area contributed by atoms with Crippen LogP contribution in [0.25, 0.3) is 0 Å². The van der Waals surface area contributed by atoms with Gasteiger partial charge in [0, 0.05) is 25.2 Å². The van der Waals surface area contributed by atoms with E-state index in [9.17, 15) is 18.3 Å². The summed E-state index contributed by atoms with van der Waals surface area (Å²) in [7, 11) is -4.08. The molecule has 0 aromatic heterocycles. The van der Waals surface area contributed by atoms with Crippen LogP contribution in [0.1, 0.15) is 41.8 Å². The summed E-state index contributed by atoms with van der Waals surface area (Å²) in [6.45, 7) is 5.75. The second-order valence-corrected chi connectivity index (χ2v) is 9.35. The van der Waals surface area contributed by atoms with E-state index in [-0.39, 0.29) is 15.9 Å². The number of carboxylic acids is 1. The summed E-state index contributed by atoms with van der Waals surface area (Å²) >= 11 is 0. The predicted molar refractivity (Wildman–Crippen MR) is 105 cm³/mol. The van der Waals surface area contributed by atoms with Gasteiger partial charge in [-0.2, -0.15) is 0 Å². The zero-order chi connectivity index (χ0) is 19.8. The van der Waals surface area contributed by atoms with Crippen molar-refractivity contribution < 1.29 is 18.3 Å². The fourth-order valence-corrected chi connectivity index (χ4v) is 4.40. The Morgan fingerprint density at radius 1 is 1.22 bits per heavy atom. The number of hydrogen-bond donors (Lipinski definition) is 2. The van der Waals surface area contributed by atoms with Crippen molar-refractivity contribution in [3.8, 4) is 0 Å². The van der Waals surface area contributed by atoms with Crippen LogP contribution in [0.3, 0.4) is 0 Å². The van der Waals surface area contributed by atoms with Crippen molar-refractivity contribution in [1.82, 2.24) is 0 Å². The number of carboxylic acid groups (broad SMARTS) is 1. The van der Waals surface area contributed by atoms with Crippen molar-refractivity contribution in [2.24, 2.45) is 10.6 Å². The lowest BCUT2D eigenvalue weighted by molar-refractivity contribution is 0.0696. The molecule has 1 heterocycles. The van der Waals surface area contributed by atoms with Gasteiger partial charge in [-0.25, -0.2) is 18.4 Å². The Morgan fingerprint density at radius 2 is 1.89 bits per heavy atom. The Morgan fingerprint density at radius 3 is 2.41 bits per heavy atom. The monoisotopic (exact) mass is 388 g/mol. The molecule has 0 amide bonds. The number of benzene rings is 2. The molecule has 6 nitrogen and oxygen atoms in total. The summed E-state index contributed by atoms with van der Waals surface area (Å²) in [6, 6.07) is 12.2. The zero-order valence-corrected chi connectivity index (χ0v) is 16.3. The third-order valence-electron chi connectivity index (χ3n) is 4.98. The summed E-state index contributed by atoms with van der Waals surface area (Å²) in [4.78, 5) is 13.5. The molecular weight excluding hydrogens is 364 g/mol. The fourth-order valence-electron chi connectivity index (χ4n) is 3.59. The predicted octanol–water partition coefficient (Wildman–Crippen LogP) is 2.86.